The second kappa shape index (κ2) is 14.6. The molecular formula is C32H38F3N3O5S. The van der Waals surface area contributed by atoms with Crippen LogP contribution in [0.15, 0.2) is 77.7 Å². The maximum Gasteiger partial charge on any atom is 0.416 e. The minimum atomic E-state index is -4.75. The first-order valence-electron chi connectivity index (χ1n) is 14.1. The highest BCUT2D eigenvalue weighted by Crippen LogP contribution is 2.33. The Bertz CT molecular complexity index is 1530. The van der Waals surface area contributed by atoms with E-state index < -0.39 is 46.2 Å². The van der Waals surface area contributed by atoms with Gasteiger partial charge in [0.25, 0.3) is 10.0 Å². The summed E-state index contributed by atoms with van der Waals surface area (Å²) in [6.45, 7) is 6.78. The number of sulfonamides is 1. The molecule has 0 aliphatic heterocycles. The lowest BCUT2D eigenvalue weighted by molar-refractivity contribution is -0.140. The van der Waals surface area contributed by atoms with Gasteiger partial charge in [0.1, 0.15) is 18.3 Å². The summed E-state index contributed by atoms with van der Waals surface area (Å²) < 4.78 is 74.7. The number of nitrogens with zero attached hydrogens (tertiary/aromatic N) is 2. The van der Waals surface area contributed by atoms with E-state index in [1.165, 1.54) is 30.2 Å². The van der Waals surface area contributed by atoms with Crippen LogP contribution in [0.5, 0.6) is 5.75 Å². The molecule has 2 amide bonds. The molecule has 0 aliphatic carbocycles. The second-order valence-corrected chi connectivity index (χ2v) is 12.7. The summed E-state index contributed by atoms with van der Waals surface area (Å²) in [4.78, 5) is 28.5. The van der Waals surface area contributed by atoms with Crippen molar-refractivity contribution in [3.63, 3.8) is 0 Å². The van der Waals surface area contributed by atoms with Crippen LogP contribution in [0.4, 0.5) is 18.9 Å². The fourth-order valence-electron chi connectivity index (χ4n) is 4.47. The van der Waals surface area contributed by atoms with Crippen LogP contribution >= 0.6 is 0 Å². The molecule has 0 fully saturated rings. The van der Waals surface area contributed by atoms with Crippen molar-refractivity contribution in [1.29, 1.82) is 0 Å². The fourth-order valence-corrected chi connectivity index (χ4v) is 5.88. The molecular weight excluding hydrogens is 595 g/mol. The lowest BCUT2D eigenvalue weighted by atomic mass is 10.1. The van der Waals surface area contributed by atoms with E-state index in [-0.39, 0.29) is 29.5 Å². The Labute approximate surface area is 256 Å². The third kappa shape index (κ3) is 8.75. The SMILES string of the molecule is CC[C@H](C(=O)NCC(C)C)N(Cc1ccc(OC)cc1)C(=O)CN(c1cccc(C(F)(F)F)c1)S(=O)(=O)c1ccc(C)cc1. The van der Waals surface area contributed by atoms with Crippen molar-refractivity contribution >= 4 is 27.5 Å². The van der Waals surface area contributed by atoms with Gasteiger partial charge in [0.15, 0.2) is 0 Å². The smallest absolute Gasteiger partial charge is 0.416 e. The molecule has 0 saturated carbocycles. The van der Waals surface area contributed by atoms with Crippen LogP contribution in [-0.4, -0.2) is 51.4 Å². The van der Waals surface area contributed by atoms with Crippen molar-refractivity contribution in [2.45, 2.75) is 57.8 Å². The molecule has 44 heavy (non-hydrogen) atoms. The highest BCUT2D eigenvalue weighted by atomic mass is 32.2. The number of alkyl halides is 3. The van der Waals surface area contributed by atoms with E-state index >= 15 is 0 Å². The summed E-state index contributed by atoms with van der Waals surface area (Å²) in [6.07, 6.45) is -4.54. The van der Waals surface area contributed by atoms with Crippen molar-refractivity contribution in [2.24, 2.45) is 5.92 Å². The van der Waals surface area contributed by atoms with Crippen molar-refractivity contribution in [3.05, 3.63) is 89.5 Å². The molecule has 3 aromatic carbocycles. The summed E-state index contributed by atoms with van der Waals surface area (Å²) in [5.41, 5.74) is 0.00683. The van der Waals surface area contributed by atoms with E-state index in [1.807, 2.05) is 13.8 Å². The van der Waals surface area contributed by atoms with Crippen LogP contribution < -0.4 is 14.4 Å². The number of nitrogens with one attached hydrogen (secondary N) is 1. The molecule has 0 spiro atoms. The minimum Gasteiger partial charge on any atom is -0.497 e. The van der Waals surface area contributed by atoms with Gasteiger partial charge in [-0.15, -0.1) is 0 Å². The van der Waals surface area contributed by atoms with E-state index in [2.05, 4.69) is 5.32 Å². The third-order valence-electron chi connectivity index (χ3n) is 6.93. The highest BCUT2D eigenvalue weighted by Gasteiger charge is 2.36. The van der Waals surface area contributed by atoms with E-state index in [9.17, 15) is 31.2 Å². The number of carbonyl (C=O) groups is 2. The van der Waals surface area contributed by atoms with Gasteiger partial charge in [0.2, 0.25) is 11.8 Å². The Kier molecular flexibility index (Phi) is 11.4. The fraction of sp³-hybridized carbons (Fsp3) is 0.375. The van der Waals surface area contributed by atoms with E-state index in [0.29, 0.717) is 28.2 Å². The van der Waals surface area contributed by atoms with Gasteiger partial charge in [-0.2, -0.15) is 13.2 Å². The molecule has 0 bridgehead atoms. The molecule has 3 aromatic rings. The number of anilines is 1. The summed E-state index contributed by atoms with van der Waals surface area (Å²) >= 11 is 0. The van der Waals surface area contributed by atoms with Crippen molar-refractivity contribution in [3.8, 4) is 5.75 Å². The average molecular weight is 634 g/mol. The highest BCUT2D eigenvalue weighted by molar-refractivity contribution is 7.92. The first kappa shape index (κ1) is 34.4. The van der Waals surface area contributed by atoms with Gasteiger partial charge < -0.3 is 15.0 Å². The molecule has 0 saturated heterocycles. The Morgan fingerprint density at radius 3 is 2.16 bits per heavy atom. The first-order chi connectivity index (χ1) is 20.7. The van der Waals surface area contributed by atoms with E-state index in [1.54, 1.807) is 50.2 Å². The summed E-state index contributed by atoms with van der Waals surface area (Å²) in [5, 5.41) is 2.83. The summed E-state index contributed by atoms with van der Waals surface area (Å²) in [7, 11) is -3.01. The molecule has 12 heteroatoms. The van der Waals surface area contributed by atoms with Crippen molar-refractivity contribution < 1.29 is 35.9 Å². The summed E-state index contributed by atoms with van der Waals surface area (Å²) in [5.74, 6) is -0.470. The maximum absolute atomic E-state index is 14.1. The van der Waals surface area contributed by atoms with Gasteiger partial charge in [0.05, 0.1) is 23.3 Å². The number of hydrogen-bond acceptors (Lipinski definition) is 5. The largest absolute Gasteiger partial charge is 0.497 e. The number of carbonyl (C=O) groups excluding carboxylic acids is 2. The maximum atomic E-state index is 14.1. The van der Waals surface area contributed by atoms with Crippen LogP contribution in [0.1, 0.15) is 43.9 Å². The average Bonchev–Trinajstić information content (AvgIpc) is 2.98. The molecule has 0 radical (unpaired) electrons. The van der Waals surface area contributed by atoms with Crippen molar-refractivity contribution in [1.82, 2.24) is 10.2 Å². The lowest BCUT2D eigenvalue weighted by Crippen LogP contribution is -2.52. The number of aryl methyl sites for hydroxylation is 1. The van der Waals surface area contributed by atoms with Crippen molar-refractivity contribution in [2.75, 3.05) is 24.5 Å². The molecule has 0 heterocycles. The number of halogens is 3. The predicted octanol–water partition coefficient (Wildman–Crippen LogP) is 5.80. The Morgan fingerprint density at radius 2 is 1.61 bits per heavy atom. The molecule has 238 valence electrons. The summed E-state index contributed by atoms with van der Waals surface area (Å²) in [6, 6.07) is 15.4. The zero-order valence-corrected chi connectivity index (χ0v) is 26.2. The zero-order valence-electron chi connectivity index (χ0n) is 25.4. The quantitative estimate of drug-likeness (QED) is 0.257. The van der Waals surface area contributed by atoms with Gasteiger partial charge in [-0.05, 0) is 67.3 Å². The molecule has 0 aliphatic rings. The Balaban J connectivity index is 2.10. The van der Waals surface area contributed by atoms with Gasteiger partial charge in [-0.1, -0.05) is 56.7 Å². The van der Waals surface area contributed by atoms with E-state index in [0.717, 1.165) is 17.7 Å². The number of methoxy groups -OCH3 is 1. The topological polar surface area (TPSA) is 96.0 Å². The molecule has 0 unspecified atom stereocenters. The molecule has 0 aromatic heterocycles. The zero-order chi connectivity index (χ0) is 32.7. The molecule has 1 atom stereocenters. The molecule has 8 nitrogen and oxygen atoms in total. The van der Waals surface area contributed by atoms with Gasteiger partial charge >= 0.3 is 6.18 Å². The number of ether oxygens (including phenoxy) is 1. The normalized spacial score (nSPS) is 12.5. The lowest BCUT2D eigenvalue weighted by Gasteiger charge is -2.33. The molecule has 3 rings (SSSR count). The Morgan fingerprint density at radius 1 is 0.977 bits per heavy atom. The van der Waals surface area contributed by atoms with Gasteiger partial charge in [-0.25, -0.2) is 8.42 Å². The molecule has 1 N–H and O–H groups in total. The van der Waals surface area contributed by atoms with Crippen LogP contribution in [0.3, 0.4) is 0 Å². The standard InChI is InChI=1S/C32H38F3N3O5S/c1-6-29(31(40)36-19-22(2)3)37(20-24-12-14-27(43-5)15-13-24)30(39)21-38(26-9-7-8-25(18-26)32(33,34)35)44(41,42)28-16-10-23(4)11-17-28/h7-18,22,29H,6,19-21H2,1-5H3,(H,36,40)/t29-/m1/s1. The first-order valence-corrected chi connectivity index (χ1v) is 15.6. The van der Waals surface area contributed by atoms with E-state index in [4.69, 9.17) is 4.74 Å². The van der Waals surface area contributed by atoms with Crippen LogP contribution in [-0.2, 0) is 32.3 Å². The monoisotopic (exact) mass is 633 g/mol. The van der Waals surface area contributed by atoms with Gasteiger partial charge in [0, 0.05) is 13.1 Å². The van der Waals surface area contributed by atoms with Crippen LogP contribution in [0, 0.1) is 12.8 Å². The number of amides is 2. The van der Waals surface area contributed by atoms with Gasteiger partial charge in [-0.3, -0.25) is 13.9 Å². The minimum absolute atomic E-state index is 0.0581. The number of hydrogen-bond donors (Lipinski definition) is 1. The number of benzene rings is 3. The number of rotatable bonds is 13. The Hall–Kier alpha value is -4.06. The van der Waals surface area contributed by atoms with Crippen LogP contribution in [0.25, 0.3) is 0 Å². The predicted molar refractivity (Wildman–Crippen MR) is 163 cm³/mol. The second-order valence-electron chi connectivity index (χ2n) is 10.8. The third-order valence-corrected chi connectivity index (χ3v) is 8.72. The van der Waals surface area contributed by atoms with Crippen LogP contribution in [0.2, 0.25) is 0 Å².